The maximum Gasteiger partial charge on any atom is 0.407 e. The zero-order valence-corrected chi connectivity index (χ0v) is 16.3. The topological polar surface area (TPSA) is 104 Å². The van der Waals surface area contributed by atoms with Crippen molar-refractivity contribution in [3.8, 4) is 5.75 Å². The lowest BCUT2D eigenvalue weighted by atomic mass is 10.0. The summed E-state index contributed by atoms with van der Waals surface area (Å²) in [4.78, 5) is 27.5. The van der Waals surface area contributed by atoms with Gasteiger partial charge < -0.3 is 25.0 Å². The predicted molar refractivity (Wildman–Crippen MR) is 105 cm³/mol. The van der Waals surface area contributed by atoms with Crippen LogP contribution in [0.25, 0.3) is 0 Å². The Morgan fingerprint density at radius 3 is 2.71 bits per heavy atom. The van der Waals surface area contributed by atoms with Crippen molar-refractivity contribution in [1.29, 1.82) is 0 Å². The molecule has 4 heterocycles. The maximum atomic E-state index is 11.1. The van der Waals surface area contributed by atoms with Gasteiger partial charge in [-0.15, -0.1) is 0 Å². The molecule has 0 saturated carbocycles. The number of piperidine rings is 1. The molecular weight excluding hydrogens is 407 g/mol. The Morgan fingerprint density at radius 2 is 2.00 bits per heavy atom. The van der Waals surface area contributed by atoms with Gasteiger partial charge in [-0.25, -0.2) is 19.7 Å². The van der Waals surface area contributed by atoms with Gasteiger partial charge in [0.05, 0.1) is 12.2 Å². The molecule has 0 radical (unpaired) electrons. The Morgan fingerprint density at radius 1 is 1.21 bits per heavy atom. The molecule has 0 aliphatic carbocycles. The van der Waals surface area contributed by atoms with Gasteiger partial charge in [0.2, 0.25) is 5.75 Å². The SMILES string of the molecule is O=C(O)N1CCC(N2CCOc3c(Nc4ccc(Cl)nc4Cl)ncnc32)CC1. The molecule has 4 rings (SSSR count). The van der Waals surface area contributed by atoms with E-state index in [0.717, 1.165) is 12.8 Å². The Hall–Kier alpha value is -2.52. The van der Waals surface area contributed by atoms with E-state index in [1.807, 2.05) is 0 Å². The molecule has 0 unspecified atom stereocenters. The fraction of sp³-hybridized carbons (Fsp3) is 0.412. The zero-order valence-electron chi connectivity index (χ0n) is 14.8. The number of carbonyl (C=O) groups is 1. The fourth-order valence-electron chi connectivity index (χ4n) is 3.50. The summed E-state index contributed by atoms with van der Waals surface area (Å²) in [6.07, 6.45) is 2.08. The van der Waals surface area contributed by atoms with Crippen LogP contribution in [-0.4, -0.2) is 63.3 Å². The molecule has 28 heavy (non-hydrogen) atoms. The highest BCUT2D eigenvalue weighted by Crippen LogP contribution is 2.39. The smallest absolute Gasteiger partial charge is 0.407 e. The molecule has 1 saturated heterocycles. The van der Waals surface area contributed by atoms with Crippen LogP contribution >= 0.6 is 23.2 Å². The van der Waals surface area contributed by atoms with E-state index in [1.54, 1.807) is 12.1 Å². The first-order valence-corrected chi connectivity index (χ1v) is 9.60. The number of hydrogen-bond acceptors (Lipinski definition) is 7. The van der Waals surface area contributed by atoms with Crippen LogP contribution in [0.2, 0.25) is 10.3 Å². The van der Waals surface area contributed by atoms with Crippen molar-refractivity contribution >= 4 is 46.6 Å². The van der Waals surface area contributed by atoms with Gasteiger partial charge in [0, 0.05) is 19.1 Å². The molecule has 1 amide bonds. The second kappa shape index (κ2) is 7.84. The van der Waals surface area contributed by atoms with Gasteiger partial charge >= 0.3 is 6.09 Å². The molecule has 2 aliphatic rings. The van der Waals surface area contributed by atoms with Crippen molar-refractivity contribution < 1.29 is 14.6 Å². The van der Waals surface area contributed by atoms with Crippen LogP contribution in [0.3, 0.4) is 0 Å². The highest BCUT2D eigenvalue weighted by atomic mass is 35.5. The second-order valence-electron chi connectivity index (χ2n) is 6.52. The molecule has 148 valence electrons. The largest absolute Gasteiger partial charge is 0.485 e. The lowest BCUT2D eigenvalue weighted by molar-refractivity contribution is 0.130. The van der Waals surface area contributed by atoms with Gasteiger partial charge in [0.1, 0.15) is 18.1 Å². The van der Waals surface area contributed by atoms with Crippen LogP contribution in [-0.2, 0) is 0 Å². The molecular formula is C17H18Cl2N6O3. The normalized spacial score (nSPS) is 17.1. The number of rotatable bonds is 3. The van der Waals surface area contributed by atoms with Crippen LogP contribution < -0.4 is 15.0 Å². The van der Waals surface area contributed by atoms with Crippen molar-refractivity contribution in [3.63, 3.8) is 0 Å². The van der Waals surface area contributed by atoms with Crippen molar-refractivity contribution in [2.75, 3.05) is 36.5 Å². The van der Waals surface area contributed by atoms with Crippen molar-refractivity contribution in [1.82, 2.24) is 19.9 Å². The van der Waals surface area contributed by atoms with Gasteiger partial charge in [-0.2, -0.15) is 0 Å². The van der Waals surface area contributed by atoms with E-state index >= 15 is 0 Å². The number of carboxylic acid groups (broad SMARTS) is 1. The molecule has 0 aromatic carbocycles. The first-order chi connectivity index (χ1) is 13.5. The number of hydrogen-bond donors (Lipinski definition) is 2. The van der Waals surface area contributed by atoms with Gasteiger partial charge in [0.15, 0.2) is 16.8 Å². The average molecular weight is 425 g/mol. The number of likely N-dealkylation sites (tertiary alicyclic amines) is 1. The molecule has 9 nitrogen and oxygen atoms in total. The van der Waals surface area contributed by atoms with Crippen LogP contribution in [0.15, 0.2) is 18.5 Å². The summed E-state index contributed by atoms with van der Waals surface area (Å²) < 4.78 is 5.85. The third-order valence-corrected chi connectivity index (χ3v) is 5.38. The minimum Gasteiger partial charge on any atom is -0.485 e. The maximum absolute atomic E-state index is 11.1. The Balaban J connectivity index is 1.57. The summed E-state index contributed by atoms with van der Waals surface area (Å²) in [7, 11) is 0. The fourth-order valence-corrected chi connectivity index (χ4v) is 3.89. The van der Waals surface area contributed by atoms with Crippen molar-refractivity contribution in [3.05, 3.63) is 28.8 Å². The lowest BCUT2D eigenvalue weighted by Gasteiger charge is -2.40. The second-order valence-corrected chi connectivity index (χ2v) is 7.26. The zero-order chi connectivity index (χ0) is 19.7. The van der Waals surface area contributed by atoms with Gasteiger partial charge in [-0.1, -0.05) is 23.2 Å². The number of fused-ring (bicyclic) bond motifs is 1. The van der Waals surface area contributed by atoms with Gasteiger partial charge in [-0.3, -0.25) is 0 Å². The van der Waals surface area contributed by atoms with E-state index in [4.69, 9.17) is 33.0 Å². The number of amides is 1. The predicted octanol–water partition coefficient (Wildman–Crippen LogP) is 3.26. The Labute approximate surface area is 171 Å². The highest BCUT2D eigenvalue weighted by Gasteiger charge is 2.32. The summed E-state index contributed by atoms with van der Waals surface area (Å²) in [5.41, 5.74) is 0.558. The Bertz CT molecular complexity index is 891. The number of halogens is 2. The summed E-state index contributed by atoms with van der Waals surface area (Å²) in [6, 6.07) is 3.54. The van der Waals surface area contributed by atoms with E-state index in [9.17, 15) is 4.79 Å². The van der Waals surface area contributed by atoms with Crippen molar-refractivity contribution in [2.24, 2.45) is 0 Å². The monoisotopic (exact) mass is 424 g/mol. The van der Waals surface area contributed by atoms with Crippen molar-refractivity contribution in [2.45, 2.75) is 18.9 Å². The number of pyridine rings is 1. The van der Waals surface area contributed by atoms with Crippen LogP contribution in [0.1, 0.15) is 12.8 Å². The first kappa shape index (κ1) is 18.8. The van der Waals surface area contributed by atoms with Gasteiger partial charge in [-0.05, 0) is 25.0 Å². The molecule has 2 N–H and O–H groups in total. The molecule has 11 heteroatoms. The van der Waals surface area contributed by atoms with Crippen LogP contribution in [0.5, 0.6) is 5.75 Å². The standard InChI is InChI=1S/C17H18Cl2N6O3/c18-12-2-1-11(14(19)23-12)22-15-13-16(21-9-20-15)25(7-8-28-13)10-3-5-24(6-4-10)17(26)27/h1-2,9-10H,3-8H2,(H,26,27)(H,20,21,22). The molecule has 2 aliphatic heterocycles. The van der Waals surface area contributed by atoms with E-state index in [1.165, 1.54) is 11.2 Å². The summed E-state index contributed by atoms with van der Waals surface area (Å²) in [6.45, 7) is 2.19. The minimum atomic E-state index is -0.872. The van der Waals surface area contributed by atoms with E-state index in [-0.39, 0.29) is 11.2 Å². The van der Waals surface area contributed by atoms with Crippen LogP contribution in [0.4, 0.5) is 22.1 Å². The summed E-state index contributed by atoms with van der Waals surface area (Å²) in [5.74, 6) is 1.72. The van der Waals surface area contributed by atoms with E-state index in [0.29, 0.717) is 54.5 Å². The number of anilines is 3. The highest BCUT2D eigenvalue weighted by molar-refractivity contribution is 6.34. The molecule has 2 aromatic rings. The first-order valence-electron chi connectivity index (χ1n) is 8.84. The summed E-state index contributed by atoms with van der Waals surface area (Å²) in [5, 5.41) is 12.8. The molecule has 0 atom stereocenters. The number of nitrogens with zero attached hydrogens (tertiary/aromatic N) is 5. The quantitative estimate of drug-likeness (QED) is 0.723. The molecule has 1 fully saturated rings. The lowest BCUT2D eigenvalue weighted by Crippen LogP contribution is -2.49. The molecule has 0 spiro atoms. The number of nitrogens with one attached hydrogen (secondary N) is 1. The number of ether oxygens (including phenoxy) is 1. The summed E-state index contributed by atoms with van der Waals surface area (Å²) >= 11 is 12.0. The average Bonchev–Trinajstić information content (AvgIpc) is 2.70. The Kier molecular flexibility index (Phi) is 5.27. The minimum absolute atomic E-state index is 0.196. The van der Waals surface area contributed by atoms with E-state index < -0.39 is 6.09 Å². The third-order valence-electron chi connectivity index (χ3n) is 4.88. The third kappa shape index (κ3) is 3.72. The number of aromatic nitrogens is 3. The van der Waals surface area contributed by atoms with Crippen LogP contribution in [0, 0.1) is 0 Å². The molecule has 0 bridgehead atoms. The van der Waals surface area contributed by atoms with Gasteiger partial charge in [0.25, 0.3) is 0 Å². The molecule has 2 aromatic heterocycles. The van der Waals surface area contributed by atoms with E-state index in [2.05, 4.69) is 25.2 Å².